The molecule has 1 saturated carbocycles. The molecule has 1 rings (SSSR count). The molecule has 0 aromatic carbocycles. The number of likely N-dealkylation sites (N-methyl/N-ethyl adjacent to an activating group) is 1. The zero-order valence-corrected chi connectivity index (χ0v) is 9.29. The van der Waals surface area contributed by atoms with Crippen LogP contribution in [0.3, 0.4) is 0 Å². The fourth-order valence-electron chi connectivity index (χ4n) is 2.00. The second-order valence-corrected chi connectivity index (χ2v) is 4.38. The Labute approximate surface area is 87.1 Å². The van der Waals surface area contributed by atoms with Crippen molar-refractivity contribution >= 4 is 0 Å². The smallest absolute Gasteiger partial charge is 0.0672 e. The number of hydrogen-bond acceptors (Lipinski definition) is 3. The Morgan fingerprint density at radius 1 is 1.36 bits per heavy atom. The second kappa shape index (κ2) is 6.00. The van der Waals surface area contributed by atoms with Gasteiger partial charge in [-0.25, -0.2) is 0 Å². The van der Waals surface area contributed by atoms with Crippen LogP contribution in [0.15, 0.2) is 0 Å². The Kier molecular flexibility index (Phi) is 4.92. The molecule has 0 aliphatic heterocycles. The zero-order valence-electron chi connectivity index (χ0n) is 9.29. The van der Waals surface area contributed by atoms with Gasteiger partial charge in [-0.15, -0.1) is 0 Å². The molecule has 2 unspecified atom stereocenters. The molecule has 0 spiro atoms. The fraction of sp³-hybridized carbons (Fsp3) is 0.909. The summed E-state index contributed by atoms with van der Waals surface area (Å²) in [5.41, 5.74) is 0. The van der Waals surface area contributed by atoms with Gasteiger partial charge in [0.2, 0.25) is 0 Å². The molecule has 1 fully saturated rings. The summed E-state index contributed by atoms with van der Waals surface area (Å²) in [6, 6.07) is 2.85. The highest BCUT2D eigenvalue weighted by Crippen LogP contribution is 2.23. The summed E-state index contributed by atoms with van der Waals surface area (Å²) >= 11 is 0. The first-order valence-corrected chi connectivity index (χ1v) is 5.51. The lowest BCUT2D eigenvalue weighted by Crippen LogP contribution is -2.41. The van der Waals surface area contributed by atoms with Crippen molar-refractivity contribution in [2.24, 2.45) is 5.92 Å². The quantitative estimate of drug-likeness (QED) is 0.733. The van der Waals surface area contributed by atoms with Crippen molar-refractivity contribution in [1.29, 1.82) is 5.26 Å². The molecule has 0 aromatic heterocycles. The predicted octanol–water partition coefficient (Wildman–Crippen LogP) is 1.22. The van der Waals surface area contributed by atoms with Crippen molar-refractivity contribution in [3.63, 3.8) is 0 Å². The van der Waals surface area contributed by atoms with E-state index in [1.807, 2.05) is 0 Å². The van der Waals surface area contributed by atoms with Gasteiger partial charge in [-0.3, -0.25) is 0 Å². The van der Waals surface area contributed by atoms with Gasteiger partial charge in [-0.2, -0.15) is 5.26 Å². The van der Waals surface area contributed by atoms with E-state index in [4.69, 9.17) is 5.26 Å². The average molecular weight is 195 g/mol. The van der Waals surface area contributed by atoms with E-state index >= 15 is 0 Å². The SMILES string of the molecule is CN(C)CCNC1CCCCC1C#N. The Morgan fingerprint density at radius 2 is 2.07 bits per heavy atom. The summed E-state index contributed by atoms with van der Waals surface area (Å²) in [6.45, 7) is 2.05. The number of nitrogens with one attached hydrogen (secondary N) is 1. The number of nitriles is 1. The molecule has 14 heavy (non-hydrogen) atoms. The summed E-state index contributed by atoms with van der Waals surface area (Å²) in [4.78, 5) is 2.16. The Bertz CT molecular complexity index is 195. The van der Waals surface area contributed by atoms with Crippen molar-refractivity contribution in [3.8, 4) is 6.07 Å². The molecule has 3 heteroatoms. The summed E-state index contributed by atoms with van der Waals surface area (Å²) in [5.74, 6) is 0.242. The molecular formula is C11H21N3. The van der Waals surface area contributed by atoms with Gasteiger partial charge in [0, 0.05) is 19.1 Å². The monoisotopic (exact) mass is 195 g/mol. The first kappa shape index (κ1) is 11.5. The minimum Gasteiger partial charge on any atom is -0.311 e. The maximum Gasteiger partial charge on any atom is 0.0672 e. The summed E-state index contributed by atoms with van der Waals surface area (Å²) in [5, 5.41) is 12.5. The third-order valence-electron chi connectivity index (χ3n) is 2.90. The summed E-state index contributed by atoms with van der Waals surface area (Å²) < 4.78 is 0. The minimum absolute atomic E-state index is 0.242. The predicted molar refractivity (Wildman–Crippen MR) is 57.9 cm³/mol. The van der Waals surface area contributed by atoms with E-state index in [-0.39, 0.29) is 5.92 Å². The lowest BCUT2D eigenvalue weighted by atomic mass is 9.85. The normalized spacial score (nSPS) is 27.6. The lowest BCUT2D eigenvalue weighted by Gasteiger charge is -2.28. The Hall–Kier alpha value is -0.590. The van der Waals surface area contributed by atoms with Crippen LogP contribution in [-0.2, 0) is 0 Å². The third-order valence-corrected chi connectivity index (χ3v) is 2.90. The van der Waals surface area contributed by atoms with Crippen molar-refractivity contribution < 1.29 is 0 Å². The van der Waals surface area contributed by atoms with Gasteiger partial charge in [0.25, 0.3) is 0 Å². The maximum absolute atomic E-state index is 8.97. The molecule has 1 aliphatic rings. The molecule has 0 radical (unpaired) electrons. The topological polar surface area (TPSA) is 39.1 Å². The van der Waals surface area contributed by atoms with Crippen LogP contribution in [0.5, 0.6) is 0 Å². The van der Waals surface area contributed by atoms with Crippen LogP contribution < -0.4 is 5.32 Å². The van der Waals surface area contributed by atoms with Gasteiger partial charge in [0.15, 0.2) is 0 Å². The number of rotatable bonds is 4. The van der Waals surface area contributed by atoms with Crippen LogP contribution in [-0.4, -0.2) is 38.1 Å². The van der Waals surface area contributed by atoms with Crippen molar-refractivity contribution in [2.45, 2.75) is 31.7 Å². The molecule has 80 valence electrons. The van der Waals surface area contributed by atoms with E-state index in [0.29, 0.717) is 6.04 Å². The van der Waals surface area contributed by atoms with Gasteiger partial charge >= 0.3 is 0 Å². The molecule has 0 heterocycles. The largest absolute Gasteiger partial charge is 0.311 e. The van der Waals surface area contributed by atoms with Crippen molar-refractivity contribution in [1.82, 2.24) is 10.2 Å². The molecule has 2 atom stereocenters. The van der Waals surface area contributed by atoms with Crippen molar-refractivity contribution in [2.75, 3.05) is 27.2 Å². The van der Waals surface area contributed by atoms with E-state index in [2.05, 4.69) is 30.4 Å². The van der Waals surface area contributed by atoms with E-state index in [0.717, 1.165) is 19.5 Å². The number of hydrogen-bond donors (Lipinski definition) is 1. The van der Waals surface area contributed by atoms with Gasteiger partial charge in [0.05, 0.1) is 12.0 Å². The highest BCUT2D eigenvalue weighted by atomic mass is 15.1. The summed E-state index contributed by atoms with van der Waals surface area (Å²) in [7, 11) is 4.15. The first-order chi connectivity index (χ1) is 6.74. The van der Waals surface area contributed by atoms with E-state index < -0.39 is 0 Å². The zero-order chi connectivity index (χ0) is 10.4. The molecule has 1 N–H and O–H groups in total. The summed E-state index contributed by atoms with van der Waals surface area (Å²) in [6.07, 6.45) is 4.75. The van der Waals surface area contributed by atoms with Crippen LogP contribution in [0.1, 0.15) is 25.7 Å². The Morgan fingerprint density at radius 3 is 2.71 bits per heavy atom. The van der Waals surface area contributed by atoms with Crippen LogP contribution in [0, 0.1) is 17.2 Å². The average Bonchev–Trinajstić information content (AvgIpc) is 2.18. The van der Waals surface area contributed by atoms with E-state index in [9.17, 15) is 0 Å². The molecule has 0 saturated heterocycles. The minimum atomic E-state index is 0.242. The van der Waals surface area contributed by atoms with E-state index in [1.165, 1.54) is 19.3 Å². The fourth-order valence-corrected chi connectivity index (χ4v) is 2.00. The van der Waals surface area contributed by atoms with Crippen LogP contribution in [0.25, 0.3) is 0 Å². The molecule has 0 aromatic rings. The van der Waals surface area contributed by atoms with Crippen molar-refractivity contribution in [3.05, 3.63) is 0 Å². The van der Waals surface area contributed by atoms with E-state index in [1.54, 1.807) is 0 Å². The lowest BCUT2D eigenvalue weighted by molar-refractivity contribution is 0.297. The molecular weight excluding hydrogens is 174 g/mol. The van der Waals surface area contributed by atoms with Gasteiger partial charge in [0.1, 0.15) is 0 Å². The number of nitrogens with zero attached hydrogens (tertiary/aromatic N) is 2. The van der Waals surface area contributed by atoms with Gasteiger partial charge < -0.3 is 10.2 Å². The van der Waals surface area contributed by atoms with Gasteiger partial charge in [-0.1, -0.05) is 12.8 Å². The van der Waals surface area contributed by atoms with Crippen LogP contribution >= 0.6 is 0 Å². The molecule has 1 aliphatic carbocycles. The second-order valence-electron chi connectivity index (χ2n) is 4.38. The van der Waals surface area contributed by atoms with Crippen LogP contribution in [0.2, 0.25) is 0 Å². The van der Waals surface area contributed by atoms with Gasteiger partial charge in [-0.05, 0) is 26.9 Å². The highest BCUT2D eigenvalue weighted by molar-refractivity contribution is 4.94. The van der Waals surface area contributed by atoms with Crippen LogP contribution in [0.4, 0.5) is 0 Å². The first-order valence-electron chi connectivity index (χ1n) is 5.51. The molecule has 3 nitrogen and oxygen atoms in total. The maximum atomic E-state index is 8.97. The highest BCUT2D eigenvalue weighted by Gasteiger charge is 2.23. The Balaban J connectivity index is 2.24. The third kappa shape index (κ3) is 3.65. The molecule has 0 bridgehead atoms. The standard InChI is InChI=1S/C11H21N3/c1-14(2)8-7-13-11-6-4-3-5-10(11)9-12/h10-11,13H,3-8H2,1-2H3. The molecule has 0 amide bonds.